The summed E-state index contributed by atoms with van der Waals surface area (Å²) in [7, 11) is 1.50. The molecule has 6 rings (SSSR count). The molecule has 208 valence electrons. The van der Waals surface area contributed by atoms with E-state index in [1.165, 1.54) is 54.7 Å². The van der Waals surface area contributed by atoms with Crippen molar-refractivity contribution in [3.8, 4) is 5.75 Å². The molecule has 0 aliphatic heterocycles. The number of hydrogen-bond donors (Lipinski definition) is 1. The van der Waals surface area contributed by atoms with Crippen molar-refractivity contribution in [1.29, 1.82) is 0 Å². The van der Waals surface area contributed by atoms with E-state index >= 15 is 0 Å². The first kappa shape index (κ1) is 28.4. The van der Waals surface area contributed by atoms with Gasteiger partial charge in [0.15, 0.2) is 12.5 Å². The molecule has 0 aromatic heterocycles. The van der Waals surface area contributed by atoms with Gasteiger partial charge in [-0.1, -0.05) is 94.0 Å². The van der Waals surface area contributed by atoms with E-state index in [1.54, 1.807) is 17.2 Å². The monoisotopic (exact) mass is 600 g/mol. The third kappa shape index (κ3) is 5.17. The number of ether oxygens (including phenoxy) is 2. The van der Waals surface area contributed by atoms with Crippen LogP contribution in [0.1, 0.15) is 79.6 Å². The van der Waals surface area contributed by atoms with Crippen LogP contribution >= 0.6 is 15.9 Å². The quantitative estimate of drug-likeness (QED) is 0.239. The summed E-state index contributed by atoms with van der Waals surface area (Å²) in [6.45, 7) is 8.35. The molecule has 3 aromatic carbocycles. The molecule has 0 saturated heterocycles. The Balaban J connectivity index is 0.000000164. The first-order chi connectivity index (χ1) is 19.0. The predicted molar refractivity (Wildman–Crippen MR) is 166 cm³/mol. The molecule has 0 unspecified atom stereocenters. The van der Waals surface area contributed by atoms with Gasteiger partial charge in [0, 0.05) is 17.9 Å². The molecule has 0 spiro atoms. The van der Waals surface area contributed by atoms with Crippen LogP contribution in [0.25, 0.3) is 16.3 Å². The Hall–Kier alpha value is -3.15. The van der Waals surface area contributed by atoms with E-state index in [1.807, 2.05) is 0 Å². The Morgan fingerprint density at radius 1 is 1.00 bits per heavy atom. The van der Waals surface area contributed by atoms with Gasteiger partial charge in [0.1, 0.15) is 5.56 Å². The molecular weight excluding hydrogens is 564 g/mol. The van der Waals surface area contributed by atoms with Crippen molar-refractivity contribution < 1.29 is 19.4 Å². The Morgan fingerprint density at radius 2 is 1.75 bits per heavy atom. The molecule has 0 bridgehead atoms. The maximum absolute atomic E-state index is 11.6. The first-order valence-electron chi connectivity index (χ1n) is 13.9. The minimum absolute atomic E-state index is 0.00265. The number of aromatic carboxylic acids is 1. The Bertz CT molecular complexity index is 1570. The number of halogens is 1. The van der Waals surface area contributed by atoms with Crippen LogP contribution < -0.4 is 4.74 Å². The molecule has 4 nitrogen and oxygen atoms in total. The molecule has 3 aliphatic carbocycles. The van der Waals surface area contributed by atoms with Gasteiger partial charge in [-0.25, -0.2) is 4.79 Å². The molecule has 5 heteroatoms. The van der Waals surface area contributed by atoms with Crippen molar-refractivity contribution in [2.45, 2.75) is 64.2 Å². The summed E-state index contributed by atoms with van der Waals surface area (Å²) in [6.07, 6.45) is 13.9. The number of carboxylic acid groups (broad SMARTS) is 1. The molecule has 0 heterocycles. The number of methoxy groups -OCH3 is 1. The van der Waals surface area contributed by atoms with Gasteiger partial charge in [-0.05, 0) is 86.3 Å². The van der Waals surface area contributed by atoms with Crippen molar-refractivity contribution in [2.75, 3.05) is 13.9 Å². The number of carboxylic acids is 1. The minimum Gasteiger partial charge on any atom is -0.478 e. The normalized spacial score (nSPS) is 17.9. The third-order valence-corrected chi connectivity index (χ3v) is 9.07. The molecule has 0 saturated carbocycles. The molecule has 40 heavy (non-hydrogen) atoms. The SMILES string of the molecule is C1=CC2=C(CC1)CCc1c2ccc2ccccc12.COCOc1c(C(=O)O)cc2c(c1Br)C(C)(C)C=CC2(C)C. The highest BCUT2D eigenvalue weighted by Crippen LogP contribution is 2.49. The fourth-order valence-electron chi connectivity index (χ4n) is 6.16. The lowest BCUT2D eigenvalue weighted by Crippen LogP contribution is -2.30. The van der Waals surface area contributed by atoms with Crippen molar-refractivity contribution >= 4 is 38.2 Å². The van der Waals surface area contributed by atoms with Gasteiger partial charge in [-0.15, -0.1) is 0 Å². The zero-order valence-corrected chi connectivity index (χ0v) is 25.5. The molecule has 3 aromatic rings. The molecule has 0 fully saturated rings. The highest BCUT2D eigenvalue weighted by molar-refractivity contribution is 9.10. The Morgan fingerprint density at radius 3 is 2.50 bits per heavy atom. The number of allylic oxidation sites excluding steroid dienone is 6. The van der Waals surface area contributed by atoms with Gasteiger partial charge in [0.05, 0.1) is 4.47 Å². The summed E-state index contributed by atoms with van der Waals surface area (Å²) in [5.74, 6) is -0.704. The lowest BCUT2D eigenvalue weighted by molar-refractivity contribution is 0.0476. The van der Waals surface area contributed by atoms with Gasteiger partial charge < -0.3 is 14.6 Å². The lowest BCUT2D eigenvalue weighted by atomic mass is 9.67. The van der Waals surface area contributed by atoms with Gasteiger partial charge in [-0.2, -0.15) is 0 Å². The fraction of sp³-hybridized carbons (Fsp3) is 0.343. The summed E-state index contributed by atoms with van der Waals surface area (Å²) in [5.41, 5.74) is 7.94. The Kier molecular flexibility index (Phi) is 7.82. The van der Waals surface area contributed by atoms with E-state index in [4.69, 9.17) is 9.47 Å². The molecule has 1 N–H and O–H groups in total. The third-order valence-electron chi connectivity index (χ3n) is 8.31. The number of rotatable bonds is 4. The lowest BCUT2D eigenvalue weighted by Gasteiger charge is -2.38. The maximum Gasteiger partial charge on any atom is 0.339 e. The van der Waals surface area contributed by atoms with E-state index in [0.717, 1.165) is 11.1 Å². The largest absolute Gasteiger partial charge is 0.478 e. The predicted octanol–water partition coefficient (Wildman–Crippen LogP) is 9.14. The summed E-state index contributed by atoms with van der Waals surface area (Å²) < 4.78 is 11.1. The number of fused-ring (bicyclic) bond motifs is 5. The Labute approximate surface area is 245 Å². The fourth-order valence-corrected chi connectivity index (χ4v) is 7.22. The second-order valence-electron chi connectivity index (χ2n) is 11.9. The van der Waals surface area contributed by atoms with Crippen LogP contribution in [-0.2, 0) is 22.0 Å². The highest BCUT2D eigenvalue weighted by atomic mass is 79.9. The van der Waals surface area contributed by atoms with Crippen LogP contribution in [0.15, 0.2) is 76.8 Å². The first-order valence-corrected chi connectivity index (χ1v) is 14.7. The van der Waals surface area contributed by atoms with Gasteiger partial charge in [-0.3, -0.25) is 0 Å². The zero-order valence-electron chi connectivity index (χ0n) is 23.9. The minimum atomic E-state index is -1.02. The van der Waals surface area contributed by atoms with Crippen LogP contribution in [0.5, 0.6) is 5.75 Å². The van der Waals surface area contributed by atoms with Gasteiger partial charge in [0.25, 0.3) is 0 Å². The van der Waals surface area contributed by atoms with Crippen LogP contribution in [0, 0.1) is 0 Å². The summed E-state index contributed by atoms with van der Waals surface area (Å²) in [5, 5.41) is 12.4. The summed E-state index contributed by atoms with van der Waals surface area (Å²) in [4.78, 5) is 11.6. The standard InChI is InChI=1S/C18H16.C17H21BrO4/c1-3-7-15-13(5-1)9-11-18-16-8-4-2-6-14(16)10-12-17(15)18;1-16(2)6-7-17(3,4)12-11(16)8-10(15(19)20)14(13(12)18)22-9-21-5/h1,3-5,7-9,11H,2,6,10,12H2;6-8H,9H2,1-5H3,(H,19,20). The average Bonchev–Trinajstić information content (AvgIpc) is 2.94. The van der Waals surface area contributed by atoms with Crippen molar-refractivity contribution in [1.82, 2.24) is 0 Å². The molecule has 0 atom stereocenters. The van der Waals surface area contributed by atoms with Crippen LogP contribution in [0.3, 0.4) is 0 Å². The van der Waals surface area contributed by atoms with E-state index in [-0.39, 0.29) is 23.2 Å². The van der Waals surface area contributed by atoms with Crippen LogP contribution in [0.2, 0.25) is 0 Å². The topological polar surface area (TPSA) is 55.8 Å². The number of carbonyl (C=O) groups is 1. The summed E-state index contributed by atoms with van der Waals surface area (Å²) in [6, 6.07) is 15.1. The average molecular weight is 602 g/mol. The summed E-state index contributed by atoms with van der Waals surface area (Å²) >= 11 is 3.57. The van der Waals surface area contributed by atoms with Crippen LogP contribution in [0.4, 0.5) is 0 Å². The van der Waals surface area contributed by atoms with E-state index in [2.05, 4.69) is 104 Å². The van der Waals surface area contributed by atoms with Crippen molar-refractivity contribution in [3.63, 3.8) is 0 Å². The second-order valence-corrected chi connectivity index (χ2v) is 12.7. The smallest absolute Gasteiger partial charge is 0.339 e. The van der Waals surface area contributed by atoms with E-state index in [0.29, 0.717) is 10.2 Å². The van der Waals surface area contributed by atoms with Gasteiger partial charge in [0.2, 0.25) is 0 Å². The number of aryl methyl sites for hydroxylation is 1. The van der Waals surface area contributed by atoms with Crippen molar-refractivity contribution in [3.05, 3.63) is 105 Å². The number of benzene rings is 3. The molecule has 0 amide bonds. The van der Waals surface area contributed by atoms with Crippen LogP contribution in [-0.4, -0.2) is 25.0 Å². The molecule has 0 radical (unpaired) electrons. The zero-order chi connectivity index (χ0) is 28.7. The molecule has 3 aliphatic rings. The van der Waals surface area contributed by atoms with E-state index in [9.17, 15) is 9.90 Å². The number of hydrogen-bond acceptors (Lipinski definition) is 3. The van der Waals surface area contributed by atoms with E-state index < -0.39 is 5.97 Å². The van der Waals surface area contributed by atoms with Gasteiger partial charge >= 0.3 is 5.97 Å². The maximum atomic E-state index is 11.6. The molecular formula is C35H37BrO4. The second kappa shape index (κ2) is 11.0. The van der Waals surface area contributed by atoms with Crippen molar-refractivity contribution in [2.24, 2.45) is 0 Å². The highest BCUT2D eigenvalue weighted by Gasteiger charge is 2.37.